The minimum atomic E-state index is -0.447. The molecule has 0 saturated heterocycles. The van der Waals surface area contributed by atoms with E-state index in [1.54, 1.807) is 39.8 Å². The molecule has 0 saturated carbocycles. The van der Waals surface area contributed by atoms with E-state index in [2.05, 4.69) is 10.3 Å². The molecule has 0 aliphatic rings. The summed E-state index contributed by atoms with van der Waals surface area (Å²) in [6.07, 6.45) is 0. The number of hydrogen-bond acceptors (Lipinski definition) is 3. The van der Waals surface area contributed by atoms with Crippen molar-refractivity contribution in [3.8, 4) is 0 Å². The fourth-order valence-corrected chi connectivity index (χ4v) is 2.57. The molecule has 2 aromatic rings. The highest BCUT2D eigenvalue weighted by atomic mass is 19.1. The molecule has 128 valence electrons. The first-order valence-corrected chi connectivity index (χ1v) is 7.74. The Morgan fingerprint density at radius 1 is 1.25 bits per heavy atom. The van der Waals surface area contributed by atoms with Crippen LogP contribution in [0.3, 0.4) is 0 Å². The monoisotopic (exact) mass is 332 g/mol. The van der Waals surface area contributed by atoms with Crippen LogP contribution >= 0.6 is 0 Å². The predicted molar refractivity (Wildman–Crippen MR) is 88.5 cm³/mol. The van der Waals surface area contributed by atoms with E-state index in [0.29, 0.717) is 28.1 Å². The number of benzene rings is 1. The first-order chi connectivity index (χ1) is 11.3. The Kier molecular flexibility index (Phi) is 5.39. The van der Waals surface area contributed by atoms with Gasteiger partial charge in [0.2, 0.25) is 0 Å². The lowest BCUT2D eigenvalue weighted by Gasteiger charge is -2.07. The lowest BCUT2D eigenvalue weighted by Crippen LogP contribution is -2.24. The Morgan fingerprint density at radius 2 is 1.96 bits per heavy atom. The van der Waals surface area contributed by atoms with Crippen molar-refractivity contribution in [2.45, 2.75) is 34.2 Å². The molecular formula is C18H21FN2O3. The molecule has 0 bridgehead atoms. The number of H-pyrrole nitrogens is 1. The van der Waals surface area contributed by atoms with Crippen LogP contribution in [0.25, 0.3) is 0 Å². The molecular weight excluding hydrogens is 311 g/mol. The highest BCUT2D eigenvalue weighted by Gasteiger charge is 2.22. The van der Waals surface area contributed by atoms with E-state index in [4.69, 9.17) is 4.74 Å². The minimum Gasteiger partial charge on any atom is -0.462 e. The number of amides is 1. The number of ether oxygens (including phenoxy) is 1. The van der Waals surface area contributed by atoms with E-state index >= 15 is 0 Å². The van der Waals surface area contributed by atoms with Crippen LogP contribution in [-0.4, -0.2) is 23.5 Å². The zero-order valence-electron chi connectivity index (χ0n) is 14.2. The standard InChI is InChI=1S/C18H21FN2O3/c1-5-24-18(23)15-11(3)16(21-12(15)4)17(22)20-9-13-6-7-14(19)10(2)8-13/h6-8,21H,5,9H2,1-4H3,(H,20,22). The molecule has 1 aromatic carbocycles. The summed E-state index contributed by atoms with van der Waals surface area (Å²) in [6.45, 7) is 7.37. The third kappa shape index (κ3) is 3.64. The smallest absolute Gasteiger partial charge is 0.340 e. The van der Waals surface area contributed by atoms with Gasteiger partial charge in [0.25, 0.3) is 5.91 Å². The highest BCUT2D eigenvalue weighted by molar-refractivity contribution is 6.00. The van der Waals surface area contributed by atoms with Gasteiger partial charge in [-0.05, 0) is 50.5 Å². The van der Waals surface area contributed by atoms with Crippen LogP contribution < -0.4 is 5.32 Å². The van der Waals surface area contributed by atoms with Gasteiger partial charge < -0.3 is 15.0 Å². The van der Waals surface area contributed by atoms with Gasteiger partial charge in [-0.1, -0.05) is 12.1 Å². The zero-order valence-corrected chi connectivity index (χ0v) is 14.2. The lowest BCUT2D eigenvalue weighted by molar-refractivity contribution is 0.0525. The maximum atomic E-state index is 13.3. The van der Waals surface area contributed by atoms with Crippen LogP contribution in [0, 0.1) is 26.6 Å². The summed E-state index contributed by atoms with van der Waals surface area (Å²) in [5, 5.41) is 2.77. The van der Waals surface area contributed by atoms with Gasteiger partial charge in [-0.15, -0.1) is 0 Å². The first kappa shape index (κ1) is 17.7. The number of aromatic nitrogens is 1. The number of hydrogen-bond donors (Lipinski definition) is 2. The molecule has 1 heterocycles. The van der Waals surface area contributed by atoms with Gasteiger partial charge in [-0.25, -0.2) is 9.18 Å². The Balaban J connectivity index is 2.14. The number of carbonyl (C=O) groups is 2. The van der Waals surface area contributed by atoms with Crippen LogP contribution in [0.2, 0.25) is 0 Å². The van der Waals surface area contributed by atoms with Gasteiger partial charge in [-0.2, -0.15) is 0 Å². The number of halogens is 1. The number of aryl methyl sites for hydroxylation is 2. The molecule has 0 radical (unpaired) electrons. The number of rotatable bonds is 5. The fraction of sp³-hybridized carbons (Fsp3) is 0.333. The topological polar surface area (TPSA) is 71.2 Å². The van der Waals surface area contributed by atoms with Crippen molar-refractivity contribution in [1.29, 1.82) is 0 Å². The summed E-state index contributed by atoms with van der Waals surface area (Å²) in [5.74, 6) is -1.05. The van der Waals surface area contributed by atoms with Gasteiger partial charge in [0.15, 0.2) is 0 Å². The fourth-order valence-electron chi connectivity index (χ4n) is 2.57. The quantitative estimate of drug-likeness (QED) is 0.826. The van der Waals surface area contributed by atoms with E-state index < -0.39 is 5.97 Å². The number of esters is 1. The van der Waals surface area contributed by atoms with Gasteiger partial charge >= 0.3 is 5.97 Å². The molecule has 0 atom stereocenters. The predicted octanol–water partition coefficient (Wildman–Crippen LogP) is 3.19. The largest absolute Gasteiger partial charge is 0.462 e. The molecule has 0 spiro atoms. The van der Waals surface area contributed by atoms with Crippen molar-refractivity contribution in [3.63, 3.8) is 0 Å². The third-order valence-corrected chi connectivity index (χ3v) is 3.82. The van der Waals surface area contributed by atoms with E-state index in [-0.39, 0.29) is 24.9 Å². The molecule has 0 aliphatic carbocycles. The molecule has 0 fully saturated rings. The molecule has 0 aliphatic heterocycles. The van der Waals surface area contributed by atoms with Crippen molar-refractivity contribution in [1.82, 2.24) is 10.3 Å². The molecule has 24 heavy (non-hydrogen) atoms. The molecule has 5 nitrogen and oxygen atoms in total. The van der Waals surface area contributed by atoms with Crippen molar-refractivity contribution in [3.05, 3.63) is 57.7 Å². The maximum Gasteiger partial charge on any atom is 0.340 e. The molecule has 6 heteroatoms. The second-order valence-electron chi connectivity index (χ2n) is 5.61. The summed E-state index contributed by atoms with van der Waals surface area (Å²) in [4.78, 5) is 27.3. The van der Waals surface area contributed by atoms with Crippen molar-refractivity contribution in [2.24, 2.45) is 0 Å². The second kappa shape index (κ2) is 7.29. The van der Waals surface area contributed by atoms with Crippen LogP contribution in [0.15, 0.2) is 18.2 Å². The summed E-state index contributed by atoms with van der Waals surface area (Å²) in [6, 6.07) is 4.69. The second-order valence-corrected chi connectivity index (χ2v) is 5.61. The molecule has 2 N–H and O–H groups in total. The number of carbonyl (C=O) groups excluding carboxylic acids is 2. The average Bonchev–Trinajstić information content (AvgIpc) is 2.83. The van der Waals surface area contributed by atoms with Crippen molar-refractivity contribution >= 4 is 11.9 Å². The van der Waals surface area contributed by atoms with Gasteiger partial charge in [0, 0.05) is 12.2 Å². The zero-order chi connectivity index (χ0) is 17.9. The van der Waals surface area contributed by atoms with Crippen molar-refractivity contribution < 1.29 is 18.7 Å². The Labute approximate surface area is 140 Å². The van der Waals surface area contributed by atoms with Gasteiger partial charge in [0.1, 0.15) is 11.5 Å². The first-order valence-electron chi connectivity index (χ1n) is 7.74. The lowest BCUT2D eigenvalue weighted by atomic mass is 10.1. The molecule has 1 aromatic heterocycles. The summed E-state index contributed by atoms with van der Waals surface area (Å²) >= 11 is 0. The molecule has 2 rings (SSSR count). The third-order valence-electron chi connectivity index (χ3n) is 3.82. The minimum absolute atomic E-state index is 0.270. The van der Waals surface area contributed by atoms with Crippen LogP contribution in [0.5, 0.6) is 0 Å². The summed E-state index contributed by atoms with van der Waals surface area (Å²) in [5.41, 5.74) is 3.19. The normalized spacial score (nSPS) is 10.5. The Bertz CT molecular complexity index is 781. The Hall–Kier alpha value is -2.63. The maximum absolute atomic E-state index is 13.3. The van der Waals surface area contributed by atoms with Gasteiger partial charge in [0.05, 0.1) is 12.2 Å². The molecule has 0 unspecified atom stereocenters. The van der Waals surface area contributed by atoms with E-state index in [1.165, 1.54) is 6.07 Å². The summed E-state index contributed by atoms with van der Waals surface area (Å²) in [7, 11) is 0. The average molecular weight is 332 g/mol. The van der Waals surface area contributed by atoms with Crippen LogP contribution in [-0.2, 0) is 11.3 Å². The number of nitrogens with one attached hydrogen (secondary N) is 2. The van der Waals surface area contributed by atoms with E-state index in [1.807, 2.05) is 0 Å². The summed E-state index contributed by atoms with van der Waals surface area (Å²) < 4.78 is 18.3. The molecule has 1 amide bonds. The SMILES string of the molecule is CCOC(=O)c1c(C)[nH]c(C(=O)NCc2ccc(F)c(C)c2)c1C. The Morgan fingerprint density at radius 3 is 2.58 bits per heavy atom. The van der Waals surface area contributed by atoms with Crippen LogP contribution in [0.4, 0.5) is 4.39 Å². The number of aromatic amines is 1. The van der Waals surface area contributed by atoms with Crippen molar-refractivity contribution in [2.75, 3.05) is 6.61 Å². The van der Waals surface area contributed by atoms with E-state index in [0.717, 1.165) is 5.56 Å². The van der Waals surface area contributed by atoms with Crippen LogP contribution in [0.1, 0.15) is 50.2 Å². The highest BCUT2D eigenvalue weighted by Crippen LogP contribution is 2.19. The van der Waals surface area contributed by atoms with Gasteiger partial charge in [-0.3, -0.25) is 4.79 Å². The van der Waals surface area contributed by atoms with E-state index in [9.17, 15) is 14.0 Å².